The first-order chi connectivity index (χ1) is 12.5. The molecule has 2 aromatic rings. The molecule has 0 saturated heterocycles. The summed E-state index contributed by atoms with van der Waals surface area (Å²) >= 11 is 6.16. The lowest BCUT2D eigenvalue weighted by Crippen LogP contribution is -2.41. The number of amides is 1. The van der Waals surface area contributed by atoms with Gasteiger partial charge < -0.3 is 15.2 Å². The second-order valence-electron chi connectivity index (χ2n) is 6.85. The maximum absolute atomic E-state index is 12.7. The number of anilines is 1. The molecule has 0 aromatic heterocycles. The van der Waals surface area contributed by atoms with Crippen LogP contribution in [0.25, 0.3) is 0 Å². The van der Waals surface area contributed by atoms with Crippen LogP contribution in [0.5, 0.6) is 5.75 Å². The van der Waals surface area contributed by atoms with Crippen molar-refractivity contribution in [2.24, 2.45) is 0 Å². The first-order valence-electron chi connectivity index (χ1n) is 8.60. The van der Waals surface area contributed by atoms with Crippen molar-refractivity contribution in [1.82, 2.24) is 0 Å². The molecule has 1 heterocycles. The number of halogens is 1. The van der Waals surface area contributed by atoms with Gasteiger partial charge in [0.1, 0.15) is 5.75 Å². The molecule has 1 amide bonds. The van der Waals surface area contributed by atoms with Crippen LogP contribution in [-0.2, 0) is 10.2 Å². The molecule has 0 bridgehead atoms. The second kappa shape index (κ2) is 6.32. The fourth-order valence-electron chi connectivity index (χ4n) is 3.96. The lowest BCUT2D eigenvalue weighted by Gasteiger charge is -2.36. The van der Waals surface area contributed by atoms with Crippen LogP contribution in [-0.4, -0.2) is 23.1 Å². The van der Waals surface area contributed by atoms with E-state index in [0.29, 0.717) is 42.1 Å². The molecule has 1 spiro atoms. The van der Waals surface area contributed by atoms with E-state index in [0.717, 1.165) is 5.56 Å². The molecule has 4 rings (SSSR count). The summed E-state index contributed by atoms with van der Waals surface area (Å²) in [5.74, 6) is -0.385. The lowest BCUT2D eigenvalue weighted by atomic mass is 9.69. The normalized spacial score (nSPS) is 24.2. The topological polar surface area (TPSA) is 75.6 Å². The first-order valence-corrected chi connectivity index (χ1v) is 8.98. The molecule has 2 N–H and O–H groups in total. The van der Waals surface area contributed by atoms with Gasteiger partial charge in [0.25, 0.3) is 0 Å². The van der Waals surface area contributed by atoms with Gasteiger partial charge in [-0.2, -0.15) is 0 Å². The number of nitrogens with one attached hydrogen (secondary N) is 1. The van der Waals surface area contributed by atoms with Gasteiger partial charge in [0.05, 0.1) is 22.1 Å². The third-order valence-corrected chi connectivity index (χ3v) is 5.69. The molecule has 2 aliphatic rings. The zero-order chi connectivity index (χ0) is 18.3. The van der Waals surface area contributed by atoms with Gasteiger partial charge in [0.2, 0.25) is 5.91 Å². The Morgan fingerprint density at radius 3 is 2.62 bits per heavy atom. The van der Waals surface area contributed by atoms with Crippen LogP contribution in [0.3, 0.4) is 0 Å². The third kappa shape index (κ3) is 2.72. The molecule has 0 unspecified atom stereocenters. The van der Waals surface area contributed by atoms with Crippen molar-refractivity contribution in [1.29, 1.82) is 0 Å². The highest BCUT2D eigenvalue weighted by molar-refractivity contribution is 6.32. The Labute approximate surface area is 155 Å². The van der Waals surface area contributed by atoms with Crippen molar-refractivity contribution in [3.05, 3.63) is 58.6 Å². The Morgan fingerprint density at radius 2 is 1.92 bits per heavy atom. The standard InChI is InChI=1S/C20H18ClNO4/c21-15-3-1-2-4-17(15)26-13-7-9-20(10-8-13)14-11-12(18(23)24)5-6-16(14)22-19(20)25/h1-6,11,13H,7-10H2,(H,22,25)(H,23,24)/t13-,20-. The summed E-state index contributed by atoms with van der Waals surface area (Å²) in [6, 6.07) is 12.2. The van der Waals surface area contributed by atoms with Gasteiger partial charge in [-0.3, -0.25) is 4.79 Å². The number of benzene rings is 2. The number of rotatable bonds is 3. The van der Waals surface area contributed by atoms with Crippen LogP contribution in [0.1, 0.15) is 41.6 Å². The number of carboxylic acids is 1. The molecule has 5 nitrogen and oxygen atoms in total. The van der Waals surface area contributed by atoms with Gasteiger partial charge in [-0.25, -0.2) is 4.79 Å². The molecule has 0 atom stereocenters. The Kier molecular flexibility index (Phi) is 4.11. The summed E-state index contributed by atoms with van der Waals surface area (Å²) in [7, 11) is 0. The molecule has 1 aliphatic heterocycles. The number of carboxylic acid groups (broad SMARTS) is 1. The molecule has 1 fully saturated rings. The van der Waals surface area contributed by atoms with E-state index in [1.165, 1.54) is 6.07 Å². The summed E-state index contributed by atoms with van der Waals surface area (Å²) in [6.45, 7) is 0. The molecule has 6 heteroatoms. The van der Waals surface area contributed by atoms with Crippen LogP contribution in [0.15, 0.2) is 42.5 Å². The van der Waals surface area contributed by atoms with Gasteiger partial charge in [0, 0.05) is 5.69 Å². The number of aromatic carboxylic acids is 1. The molecular formula is C20H18ClNO4. The Morgan fingerprint density at radius 1 is 1.19 bits per heavy atom. The Balaban J connectivity index is 1.55. The predicted molar refractivity (Wildman–Crippen MR) is 98.0 cm³/mol. The zero-order valence-electron chi connectivity index (χ0n) is 14.0. The summed E-state index contributed by atoms with van der Waals surface area (Å²) in [4.78, 5) is 24.0. The SMILES string of the molecule is O=C(O)c1ccc2c(c1)[C@]1(CC[C@@H](Oc3ccccc3Cl)CC1)C(=O)N2. The van der Waals surface area contributed by atoms with Gasteiger partial charge in [-0.15, -0.1) is 0 Å². The summed E-state index contributed by atoms with van der Waals surface area (Å²) in [6.07, 6.45) is 2.62. The first kappa shape index (κ1) is 16.9. The zero-order valence-corrected chi connectivity index (χ0v) is 14.8. The lowest BCUT2D eigenvalue weighted by molar-refractivity contribution is -0.122. The summed E-state index contributed by atoms with van der Waals surface area (Å²) in [5, 5.41) is 12.7. The highest BCUT2D eigenvalue weighted by Gasteiger charge is 2.49. The van der Waals surface area contributed by atoms with Crippen molar-refractivity contribution >= 4 is 29.2 Å². The monoisotopic (exact) mass is 371 g/mol. The largest absolute Gasteiger partial charge is 0.489 e. The minimum Gasteiger partial charge on any atom is -0.489 e. The highest BCUT2D eigenvalue weighted by atomic mass is 35.5. The number of fused-ring (bicyclic) bond motifs is 2. The summed E-state index contributed by atoms with van der Waals surface area (Å²) < 4.78 is 6.02. The van der Waals surface area contributed by atoms with E-state index < -0.39 is 11.4 Å². The van der Waals surface area contributed by atoms with E-state index in [9.17, 15) is 14.7 Å². The minimum atomic E-state index is -0.988. The number of hydrogen-bond acceptors (Lipinski definition) is 3. The van der Waals surface area contributed by atoms with E-state index in [2.05, 4.69) is 5.32 Å². The van der Waals surface area contributed by atoms with Crippen LogP contribution in [0.4, 0.5) is 5.69 Å². The van der Waals surface area contributed by atoms with Crippen molar-refractivity contribution < 1.29 is 19.4 Å². The number of carbonyl (C=O) groups excluding carboxylic acids is 1. The maximum atomic E-state index is 12.7. The van der Waals surface area contributed by atoms with E-state index in [-0.39, 0.29) is 17.6 Å². The van der Waals surface area contributed by atoms with Crippen LogP contribution in [0.2, 0.25) is 5.02 Å². The minimum absolute atomic E-state index is 0.0139. The molecule has 0 radical (unpaired) electrons. The van der Waals surface area contributed by atoms with Crippen LogP contribution < -0.4 is 10.1 Å². The van der Waals surface area contributed by atoms with Gasteiger partial charge in [-0.05, 0) is 61.6 Å². The average molecular weight is 372 g/mol. The van der Waals surface area contributed by atoms with E-state index in [1.807, 2.05) is 18.2 Å². The van der Waals surface area contributed by atoms with Gasteiger partial charge in [-0.1, -0.05) is 23.7 Å². The smallest absolute Gasteiger partial charge is 0.335 e. The Hall–Kier alpha value is -2.53. The predicted octanol–water partition coefficient (Wildman–Crippen LogP) is 4.25. The fraction of sp³-hybridized carbons (Fsp3) is 0.300. The molecular weight excluding hydrogens is 354 g/mol. The average Bonchev–Trinajstić information content (AvgIpc) is 2.90. The number of para-hydroxylation sites is 1. The molecule has 134 valence electrons. The van der Waals surface area contributed by atoms with Crippen molar-refractivity contribution in [2.45, 2.75) is 37.2 Å². The van der Waals surface area contributed by atoms with Crippen molar-refractivity contribution in [3.8, 4) is 5.75 Å². The maximum Gasteiger partial charge on any atom is 0.335 e. The van der Waals surface area contributed by atoms with E-state index in [4.69, 9.17) is 16.3 Å². The fourth-order valence-corrected chi connectivity index (χ4v) is 4.14. The number of carbonyl (C=O) groups is 2. The van der Waals surface area contributed by atoms with E-state index in [1.54, 1.807) is 18.2 Å². The van der Waals surface area contributed by atoms with Crippen LogP contribution in [0, 0.1) is 0 Å². The van der Waals surface area contributed by atoms with Gasteiger partial charge >= 0.3 is 5.97 Å². The van der Waals surface area contributed by atoms with E-state index >= 15 is 0 Å². The number of ether oxygens (including phenoxy) is 1. The Bertz CT molecular complexity index is 887. The molecule has 26 heavy (non-hydrogen) atoms. The highest BCUT2D eigenvalue weighted by Crippen LogP contribution is 2.48. The number of hydrogen-bond donors (Lipinski definition) is 2. The molecule has 2 aromatic carbocycles. The van der Waals surface area contributed by atoms with Crippen molar-refractivity contribution in [3.63, 3.8) is 0 Å². The third-order valence-electron chi connectivity index (χ3n) is 5.38. The second-order valence-corrected chi connectivity index (χ2v) is 7.26. The van der Waals surface area contributed by atoms with Crippen molar-refractivity contribution in [2.75, 3.05) is 5.32 Å². The molecule has 1 aliphatic carbocycles. The van der Waals surface area contributed by atoms with Gasteiger partial charge in [0.15, 0.2) is 0 Å². The summed E-state index contributed by atoms with van der Waals surface area (Å²) in [5.41, 5.74) is 1.04. The molecule has 1 saturated carbocycles. The van der Waals surface area contributed by atoms with Crippen LogP contribution >= 0.6 is 11.6 Å². The quantitative estimate of drug-likeness (QED) is 0.845.